The van der Waals surface area contributed by atoms with Gasteiger partial charge in [-0.15, -0.1) is 11.3 Å². The Bertz CT molecular complexity index is 563. The van der Waals surface area contributed by atoms with Crippen LogP contribution in [0.2, 0.25) is 0 Å². The summed E-state index contributed by atoms with van der Waals surface area (Å²) in [4.78, 5) is 2.78. The molecule has 1 aliphatic rings. The number of para-hydroxylation sites is 1. The zero-order valence-corrected chi connectivity index (χ0v) is 12.2. The van der Waals surface area contributed by atoms with E-state index in [1.54, 1.807) is 0 Å². The molecule has 3 heteroatoms. The third-order valence-corrected chi connectivity index (χ3v) is 4.84. The van der Waals surface area contributed by atoms with Crippen LogP contribution >= 0.6 is 11.3 Å². The Morgan fingerprint density at radius 2 is 2.11 bits per heavy atom. The Labute approximate surface area is 118 Å². The Kier molecular flexibility index (Phi) is 3.58. The van der Waals surface area contributed by atoms with Crippen molar-refractivity contribution in [3.63, 3.8) is 0 Å². The van der Waals surface area contributed by atoms with Crippen molar-refractivity contribution in [1.82, 2.24) is 5.32 Å². The number of hydrogen-bond donors (Lipinski definition) is 1. The average Bonchev–Trinajstić information content (AvgIpc) is 2.86. The van der Waals surface area contributed by atoms with Crippen LogP contribution in [0.15, 0.2) is 36.4 Å². The highest BCUT2D eigenvalue weighted by Gasteiger charge is 2.28. The van der Waals surface area contributed by atoms with Crippen LogP contribution in [0.3, 0.4) is 0 Å². The molecule has 1 aromatic heterocycles. The summed E-state index contributed by atoms with van der Waals surface area (Å²) in [6, 6.07) is 13.2. The van der Waals surface area contributed by atoms with Crippen LogP contribution in [-0.2, 0) is 6.42 Å². The Balaban J connectivity index is 1.83. The molecule has 1 aromatic carbocycles. The molecule has 2 heterocycles. The fourth-order valence-electron chi connectivity index (χ4n) is 2.80. The van der Waals surface area contributed by atoms with E-state index in [0.29, 0.717) is 12.0 Å². The standard InChI is InChI=1S/C16H19NOS/c1-11-7-8-15(19-11)16(17-2)13-9-12-5-3-4-6-14(12)18-10-13/h3-8,13,16-17H,9-10H2,1-2H3. The molecule has 1 aliphatic heterocycles. The molecule has 0 bridgehead atoms. The van der Waals surface area contributed by atoms with Crippen LogP contribution < -0.4 is 10.1 Å². The zero-order valence-electron chi connectivity index (χ0n) is 11.3. The van der Waals surface area contributed by atoms with E-state index >= 15 is 0 Å². The fourth-order valence-corrected chi connectivity index (χ4v) is 3.88. The molecule has 2 unspecified atom stereocenters. The van der Waals surface area contributed by atoms with Crippen molar-refractivity contribution in [2.24, 2.45) is 5.92 Å². The minimum absolute atomic E-state index is 0.382. The predicted octanol–water partition coefficient (Wildman–Crippen LogP) is 3.57. The van der Waals surface area contributed by atoms with Gasteiger partial charge in [0.05, 0.1) is 6.61 Å². The van der Waals surface area contributed by atoms with E-state index in [1.807, 2.05) is 24.5 Å². The van der Waals surface area contributed by atoms with E-state index in [0.717, 1.165) is 18.8 Å². The molecule has 0 spiro atoms. The summed E-state index contributed by atoms with van der Waals surface area (Å²) < 4.78 is 5.91. The smallest absolute Gasteiger partial charge is 0.122 e. The predicted molar refractivity (Wildman–Crippen MR) is 80.0 cm³/mol. The second kappa shape index (κ2) is 5.35. The van der Waals surface area contributed by atoms with E-state index < -0.39 is 0 Å². The fraction of sp³-hybridized carbons (Fsp3) is 0.375. The summed E-state index contributed by atoms with van der Waals surface area (Å²) in [6.45, 7) is 2.95. The molecule has 2 nitrogen and oxygen atoms in total. The number of aryl methyl sites for hydroxylation is 1. The normalized spacial score (nSPS) is 19.6. The van der Waals surface area contributed by atoms with Crippen molar-refractivity contribution in [3.05, 3.63) is 51.7 Å². The van der Waals surface area contributed by atoms with E-state index in [1.165, 1.54) is 15.3 Å². The van der Waals surface area contributed by atoms with Gasteiger partial charge in [-0.3, -0.25) is 0 Å². The second-order valence-corrected chi connectivity index (χ2v) is 6.42. The van der Waals surface area contributed by atoms with Crippen LogP contribution in [0, 0.1) is 12.8 Å². The molecule has 0 aliphatic carbocycles. The summed E-state index contributed by atoms with van der Waals surface area (Å²) in [7, 11) is 2.04. The van der Waals surface area contributed by atoms with Gasteiger partial charge in [0.15, 0.2) is 0 Å². The van der Waals surface area contributed by atoms with Gasteiger partial charge in [-0.1, -0.05) is 18.2 Å². The second-order valence-electron chi connectivity index (χ2n) is 5.10. The van der Waals surface area contributed by atoms with Crippen molar-refractivity contribution in [2.75, 3.05) is 13.7 Å². The van der Waals surface area contributed by atoms with Crippen molar-refractivity contribution in [3.8, 4) is 5.75 Å². The van der Waals surface area contributed by atoms with E-state index in [4.69, 9.17) is 4.74 Å². The van der Waals surface area contributed by atoms with E-state index in [2.05, 4.69) is 42.6 Å². The lowest BCUT2D eigenvalue weighted by atomic mass is 9.89. The first-order valence-electron chi connectivity index (χ1n) is 6.72. The van der Waals surface area contributed by atoms with Crippen molar-refractivity contribution < 1.29 is 4.74 Å². The highest BCUT2D eigenvalue weighted by atomic mass is 32.1. The number of ether oxygens (including phenoxy) is 1. The largest absolute Gasteiger partial charge is 0.493 e. The summed E-state index contributed by atoms with van der Waals surface area (Å²) in [5, 5.41) is 3.46. The molecule has 1 N–H and O–H groups in total. The molecular weight excluding hydrogens is 254 g/mol. The molecule has 0 fully saturated rings. The Morgan fingerprint density at radius 3 is 2.84 bits per heavy atom. The first-order chi connectivity index (χ1) is 9.28. The average molecular weight is 273 g/mol. The highest BCUT2D eigenvalue weighted by Crippen LogP contribution is 2.35. The molecule has 2 atom stereocenters. The van der Waals surface area contributed by atoms with Gasteiger partial charge in [-0.2, -0.15) is 0 Å². The molecule has 2 aromatic rings. The lowest BCUT2D eigenvalue weighted by Crippen LogP contribution is -2.33. The Morgan fingerprint density at radius 1 is 1.26 bits per heavy atom. The third kappa shape index (κ3) is 2.53. The first-order valence-corrected chi connectivity index (χ1v) is 7.54. The maximum atomic E-state index is 5.91. The van der Waals surface area contributed by atoms with Crippen molar-refractivity contribution >= 4 is 11.3 Å². The van der Waals surface area contributed by atoms with E-state index in [-0.39, 0.29) is 0 Å². The van der Waals surface area contributed by atoms with Gasteiger partial charge in [-0.25, -0.2) is 0 Å². The maximum Gasteiger partial charge on any atom is 0.122 e. The van der Waals surface area contributed by atoms with Gasteiger partial charge in [0, 0.05) is 21.7 Å². The lowest BCUT2D eigenvalue weighted by molar-refractivity contribution is 0.189. The molecule has 0 radical (unpaired) electrons. The minimum atomic E-state index is 0.382. The van der Waals surface area contributed by atoms with Gasteiger partial charge < -0.3 is 10.1 Å². The molecule has 19 heavy (non-hydrogen) atoms. The van der Waals surface area contributed by atoms with Crippen molar-refractivity contribution in [1.29, 1.82) is 0 Å². The van der Waals surface area contributed by atoms with Crippen molar-refractivity contribution in [2.45, 2.75) is 19.4 Å². The SMILES string of the molecule is CNC(c1ccc(C)s1)C1COc2ccccc2C1. The van der Waals surface area contributed by atoms with Crippen LogP contribution in [0.25, 0.3) is 0 Å². The summed E-state index contributed by atoms with van der Waals surface area (Å²) >= 11 is 1.88. The molecular formula is C16H19NOS. The molecule has 0 saturated carbocycles. The summed E-state index contributed by atoms with van der Waals surface area (Å²) in [6.07, 6.45) is 1.08. The molecule has 100 valence electrons. The monoisotopic (exact) mass is 273 g/mol. The minimum Gasteiger partial charge on any atom is -0.493 e. The van der Waals surface area contributed by atoms with Gasteiger partial charge >= 0.3 is 0 Å². The van der Waals surface area contributed by atoms with Gasteiger partial charge in [0.2, 0.25) is 0 Å². The number of nitrogens with one attached hydrogen (secondary N) is 1. The topological polar surface area (TPSA) is 21.3 Å². The van der Waals surface area contributed by atoms with E-state index in [9.17, 15) is 0 Å². The van der Waals surface area contributed by atoms with Crippen LogP contribution in [-0.4, -0.2) is 13.7 Å². The number of fused-ring (bicyclic) bond motifs is 1. The molecule has 0 saturated heterocycles. The summed E-state index contributed by atoms with van der Waals surface area (Å²) in [5.74, 6) is 1.55. The van der Waals surface area contributed by atoms with Gasteiger partial charge in [0.25, 0.3) is 0 Å². The maximum absolute atomic E-state index is 5.91. The third-order valence-electron chi connectivity index (χ3n) is 3.76. The number of hydrogen-bond acceptors (Lipinski definition) is 3. The molecule has 0 amide bonds. The highest BCUT2D eigenvalue weighted by molar-refractivity contribution is 7.12. The quantitative estimate of drug-likeness (QED) is 0.923. The lowest BCUT2D eigenvalue weighted by Gasteiger charge is -2.31. The van der Waals surface area contributed by atoms with Gasteiger partial charge in [-0.05, 0) is 44.2 Å². The van der Waals surface area contributed by atoms with Crippen LogP contribution in [0.4, 0.5) is 0 Å². The number of rotatable bonds is 3. The number of benzene rings is 1. The van der Waals surface area contributed by atoms with Gasteiger partial charge in [0.1, 0.15) is 5.75 Å². The molecule has 3 rings (SSSR count). The van der Waals surface area contributed by atoms with Crippen LogP contribution in [0.1, 0.15) is 21.4 Å². The zero-order chi connectivity index (χ0) is 13.2. The number of thiophene rings is 1. The first kappa shape index (κ1) is 12.7. The van der Waals surface area contributed by atoms with Crippen LogP contribution in [0.5, 0.6) is 5.75 Å². The Hall–Kier alpha value is -1.32. The summed E-state index contributed by atoms with van der Waals surface area (Å²) in [5.41, 5.74) is 1.33.